The largest absolute Gasteiger partial charge is 0.352 e. The van der Waals surface area contributed by atoms with E-state index in [1.807, 2.05) is 13.8 Å². The zero-order chi connectivity index (χ0) is 32.0. The fourth-order valence-corrected chi connectivity index (χ4v) is 7.46. The third-order valence-corrected chi connectivity index (χ3v) is 10.8. The fraction of sp³-hybridized carbons (Fsp3) is 0.394. The molecule has 0 bridgehead atoms. The Morgan fingerprint density at radius 3 is 2.23 bits per heavy atom. The maximum absolute atomic E-state index is 14.4. The van der Waals surface area contributed by atoms with Crippen molar-refractivity contribution in [3.63, 3.8) is 0 Å². The van der Waals surface area contributed by atoms with Crippen molar-refractivity contribution in [3.05, 3.63) is 92.4 Å². The van der Waals surface area contributed by atoms with E-state index >= 15 is 0 Å². The van der Waals surface area contributed by atoms with Crippen LogP contribution in [-0.2, 0) is 26.2 Å². The molecule has 1 N–H and O–H groups in total. The van der Waals surface area contributed by atoms with E-state index in [9.17, 15) is 18.0 Å². The average Bonchev–Trinajstić information content (AvgIpc) is 2.99. The molecule has 7 nitrogen and oxygen atoms in total. The monoisotopic (exact) mass is 677 g/mol. The van der Waals surface area contributed by atoms with Crippen molar-refractivity contribution in [1.29, 1.82) is 0 Å². The second-order valence-electron chi connectivity index (χ2n) is 11.3. The first-order chi connectivity index (χ1) is 20.9. The number of anilines is 1. The molecule has 0 heterocycles. The van der Waals surface area contributed by atoms with Gasteiger partial charge in [0.2, 0.25) is 11.8 Å². The van der Waals surface area contributed by atoms with E-state index in [0.29, 0.717) is 32.6 Å². The summed E-state index contributed by atoms with van der Waals surface area (Å²) in [6, 6.07) is 15.6. The first kappa shape index (κ1) is 34.1. The fourth-order valence-electron chi connectivity index (χ4n) is 5.50. The second kappa shape index (κ2) is 15.0. The Balaban J connectivity index is 1.75. The van der Waals surface area contributed by atoms with Crippen LogP contribution < -0.4 is 9.62 Å². The lowest BCUT2D eigenvalue weighted by Gasteiger charge is -2.35. The van der Waals surface area contributed by atoms with Gasteiger partial charge in [-0.2, -0.15) is 0 Å². The number of nitrogens with one attached hydrogen (secondary N) is 1. The van der Waals surface area contributed by atoms with Gasteiger partial charge in [0.15, 0.2) is 0 Å². The van der Waals surface area contributed by atoms with Gasteiger partial charge >= 0.3 is 0 Å². The van der Waals surface area contributed by atoms with Crippen LogP contribution in [0.4, 0.5) is 5.69 Å². The van der Waals surface area contributed by atoms with Gasteiger partial charge in [-0.05, 0) is 80.6 Å². The Morgan fingerprint density at radius 2 is 1.59 bits per heavy atom. The van der Waals surface area contributed by atoms with Crippen LogP contribution in [0.25, 0.3) is 0 Å². The van der Waals surface area contributed by atoms with Crippen LogP contribution in [0.5, 0.6) is 0 Å². The van der Waals surface area contributed by atoms with Gasteiger partial charge in [-0.3, -0.25) is 13.9 Å². The number of nitrogens with zero attached hydrogens (tertiary/aromatic N) is 2. The molecule has 3 aromatic rings. The maximum atomic E-state index is 14.4. The molecule has 1 saturated carbocycles. The number of carbonyl (C=O) groups is 2. The summed E-state index contributed by atoms with van der Waals surface area (Å²) in [4.78, 5) is 29.5. The molecule has 11 heteroatoms. The lowest BCUT2D eigenvalue weighted by molar-refractivity contribution is -0.140. The summed E-state index contributed by atoms with van der Waals surface area (Å²) >= 11 is 18.8. The Morgan fingerprint density at radius 1 is 0.909 bits per heavy atom. The molecule has 44 heavy (non-hydrogen) atoms. The number of aryl methyl sites for hydroxylation is 2. The van der Waals surface area contributed by atoms with E-state index in [2.05, 4.69) is 5.32 Å². The molecule has 0 radical (unpaired) electrons. The standard InChI is InChI=1S/C33H38Cl3N3O4S/c1-4-30(33(41)37-26-8-6-5-7-9-26)38(20-24-13-17-28(35)29(36)18-24)32(40)21-39(31-19-25(34)14-12-23(31)3)44(42,43)27-15-10-22(2)11-16-27/h10-19,26,30H,4-9,20-21H2,1-3H3,(H,37,41). The molecule has 0 saturated heterocycles. The summed E-state index contributed by atoms with van der Waals surface area (Å²) in [5.41, 5.74) is 2.45. The van der Waals surface area contributed by atoms with Crippen molar-refractivity contribution >= 4 is 62.3 Å². The van der Waals surface area contributed by atoms with Gasteiger partial charge in [0.05, 0.1) is 20.6 Å². The molecule has 1 aliphatic carbocycles. The third-order valence-electron chi connectivity index (χ3n) is 8.00. The Kier molecular flexibility index (Phi) is 11.6. The molecule has 1 unspecified atom stereocenters. The Labute approximate surface area is 275 Å². The first-order valence-electron chi connectivity index (χ1n) is 14.8. The molecule has 0 aromatic heterocycles. The molecule has 0 spiro atoms. The SMILES string of the molecule is CCC(C(=O)NC1CCCCC1)N(Cc1ccc(Cl)c(Cl)c1)C(=O)CN(c1cc(Cl)ccc1C)S(=O)(=O)c1ccc(C)cc1. The number of halogens is 3. The normalized spacial score (nSPS) is 14.6. The second-order valence-corrected chi connectivity index (χ2v) is 14.4. The van der Waals surface area contributed by atoms with Crippen LogP contribution in [0.2, 0.25) is 15.1 Å². The predicted molar refractivity (Wildman–Crippen MR) is 178 cm³/mol. The first-order valence-corrected chi connectivity index (χ1v) is 17.4. The summed E-state index contributed by atoms with van der Waals surface area (Å²) in [7, 11) is -4.21. The predicted octanol–water partition coefficient (Wildman–Crippen LogP) is 7.72. The zero-order valence-electron chi connectivity index (χ0n) is 25.2. The summed E-state index contributed by atoms with van der Waals surface area (Å²) in [5.74, 6) is -0.809. The van der Waals surface area contributed by atoms with Crippen molar-refractivity contribution in [2.24, 2.45) is 0 Å². The van der Waals surface area contributed by atoms with E-state index in [-0.39, 0.29) is 29.1 Å². The van der Waals surface area contributed by atoms with Gasteiger partial charge in [0.1, 0.15) is 12.6 Å². The van der Waals surface area contributed by atoms with Gasteiger partial charge in [-0.15, -0.1) is 0 Å². The molecule has 4 rings (SSSR count). The van der Waals surface area contributed by atoms with Crippen molar-refractivity contribution < 1.29 is 18.0 Å². The van der Waals surface area contributed by atoms with Gasteiger partial charge in [0.25, 0.3) is 10.0 Å². The molecule has 1 fully saturated rings. The number of amides is 2. The number of sulfonamides is 1. The van der Waals surface area contributed by atoms with Crippen molar-refractivity contribution in [3.8, 4) is 0 Å². The molecule has 0 aliphatic heterocycles. The highest BCUT2D eigenvalue weighted by atomic mass is 35.5. The molecule has 236 valence electrons. The minimum absolute atomic E-state index is 0.0270. The van der Waals surface area contributed by atoms with Crippen LogP contribution in [0.15, 0.2) is 65.6 Å². The van der Waals surface area contributed by atoms with E-state index in [0.717, 1.165) is 42.0 Å². The van der Waals surface area contributed by atoms with Crippen molar-refractivity contribution in [2.75, 3.05) is 10.8 Å². The molecule has 3 aromatic carbocycles. The van der Waals surface area contributed by atoms with E-state index in [1.165, 1.54) is 23.1 Å². The minimum atomic E-state index is -4.21. The van der Waals surface area contributed by atoms with Crippen LogP contribution in [-0.4, -0.2) is 43.8 Å². The zero-order valence-corrected chi connectivity index (χ0v) is 28.2. The molecular weight excluding hydrogens is 641 g/mol. The lowest BCUT2D eigenvalue weighted by atomic mass is 9.95. The summed E-state index contributed by atoms with van der Waals surface area (Å²) in [6.07, 6.45) is 5.32. The highest BCUT2D eigenvalue weighted by Gasteiger charge is 2.35. The number of hydrogen-bond donors (Lipinski definition) is 1. The van der Waals surface area contributed by atoms with Crippen LogP contribution in [0.3, 0.4) is 0 Å². The van der Waals surface area contributed by atoms with Gasteiger partial charge in [-0.25, -0.2) is 8.42 Å². The topological polar surface area (TPSA) is 86.8 Å². The van der Waals surface area contributed by atoms with Crippen molar-refractivity contribution in [1.82, 2.24) is 10.2 Å². The smallest absolute Gasteiger partial charge is 0.264 e. The van der Waals surface area contributed by atoms with Gasteiger partial charge in [0, 0.05) is 17.6 Å². The molecule has 2 amide bonds. The molecular formula is C33H38Cl3N3O4S. The summed E-state index contributed by atoms with van der Waals surface area (Å²) in [5, 5.41) is 4.15. The molecule has 1 atom stereocenters. The number of carbonyl (C=O) groups excluding carboxylic acids is 2. The van der Waals surface area contributed by atoms with Gasteiger partial charge < -0.3 is 10.2 Å². The van der Waals surface area contributed by atoms with Crippen LogP contribution >= 0.6 is 34.8 Å². The van der Waals surface area contributed by atoms with Gasteiger partial charge in [-0.1, -0.05) is 90.8 Å². The van der Waals surface area contributed by atoms with E-state index < -0.39 is 28.5 Å². The van der Waals surface area contributed by atoms with Crippen molar-refractivity contribution in [2.45, 2.75) is 82.8 Å². The van der Waals surface area contributed by atoms with E-state index in [1.54, 1.807) is 49.4 Å². The Hall–Kier alpha value is -2.78. The third kappa shape index (κ3) is 8.27. The number of rotatable bonds is 11. The van der Waals surface area contributed by atoms with E-state index in [4.69, 9.17) is 34.8 Å². The highest BCUT2D eigenvalue weighted by Crippen LogP contribution is 2.31. The minimum Gasteiger partial charge on any atom is -0.352 e. The molecule has 1 aliphatic rings. The van der Waals surface area contributed by atoms with Crippen LogP contribution in [0, 0.1) is 13.8 Å². The quantitative estimate of drug-likeness (QED) is 0.225. The van der Waals surface area contributed by atoms with Crippen LogP contribution in [0.1, 0.15) is 62.1 Å². The number of hydrogen-bond acceptors (Lipinski definition) is 4. The summed E-state index contributed by atoms with van der Waals surface area (Å²) < 4.78 is 29.4. The number of benzene rings is 3. The maximum Gasteiger partial charge on any atom is 0.264 e. The lowest BCUT2D eigenvalue weighted by Crippen LogP contribution is -2.54. The average molecular weight is 679 g/mol. The highest BCUT2D eigenvalue weighted by molar-refractivity contribution is 7.92. The Bertz CT molecular complexity index is 1590. The summed E-state index contributed by atoms with van der Waals surface area (Å²) in [6.45, 7) is 4.93.